The highest BCUT2D eigenvalue weighted by molar-refractivity contribution is 6.15. The molecule has 258 valence electrons. The van der Waals surface area contributed by atoms with Gasteiger partial charge in [0.25, 0.3) is 0 Å². The number of hydrogen-bond acceptors (Lipinski definition) is 3. The Balaban J connectivity index is 1.20. The number of carbonyl (C=O) groups is 1. The number of rotatable bonds is 0. The van der Waals surface area contributed by atoms with E-state index in [9.17, 15) is 9.90 Å². The molecule has 1 aliphatic carbocycles. The zero-order valence-electron chi connectivity index (χ0n) is 30.5. The molecule has 1 saturated carbocycles. The Morgan fingerprint density at radius 1 is 0.680 bits per heavy atom. The molecule has 4 aliphatic heterocycles. The molecule has 4 aromatic rings. The van der Waals surface area contributed by atoms with Gasteiger partial charge in [-0.05, 0) is 65.9 Å². The molecule has 4 heterocycles. The maximum atomic E-state index is 14.2. The van der Waals surface area contributed by atoms with Crippen molar-refractivity contribution in [2.75, 3.05) is 18.0 Å². The molecule has 5 aliphatic rings. The lowest BCUT2D eigenvalue weighted by Crippen LogP contribution is -2.46. The number of fused-ring (bicyclic) bond motifs is 17. The summed E-state index contributed by atoms with van der Waals surface area (Å²) in [6.45, 7) is 11.0. The minimum Gasteiger partial charge on any atom is -0.387 e. The van der Waals surface area contributed by atoms with Crippen molar-refractivity contribution in [2.45, 2.75) is 109 Å². The van der Waals surface area contributed by atoms with Crippen molar-refractivity contribution in [3.05, 3.63) is 107 Å². The van der Waals surface area contributed by atoms with Gasteiger partial charge < -0.3 is 10.0 Å². The van der Waals surface area contributed by atoms with E-state index < -0.39 is 12.0 Å². The summed E-state index contributed by atoms with van der Waals surface area (Å²) in [5.74, 6) is -0.494. The molecule has 9 rings (SSSR count). The van der Waals surface area contributed by atoms with Gasteiger partial charge in [-0.1, -0.05) is 119 Å². The van der Waals surface area contributed by atoms with Gasteiger partial charge in [-0.3, -0.25) is 4.79 Å². The number of nitrogens with zero attached hydrogens (tertiary/aromatic N) is 2. The van der Waals surface area contributed by atoms with Crippen LogP contribution >= 0.6 is 0 Å². The lowest BCUT2D eigenvalue weighted by atomic mass is 9.70. The van der Waals surface area contributed by atoms with Gasteiger partial charge in [0.05, 0.1) is 17.4 Å². The number of aliphatic hydroxyl groups is 1. The third-order valence-electron chi connectivity index (χ3n) is 12.4. The summed E-state index contributed by atoms with van der Waals surface area (Å²) in [5.41, 5.74) is 7.37. The number of Topliss-reactive ketones (excluding diaryl/α,β-unsaturated/α-hetero) is 1. The lowest BCUT2D eigenvalue weighted by Gasteiger charge is -2.35. The van der Waals surface area contributed by atoms with Crippen LogP contribution in [0.5, 0.6) is 0 Å². The molecular weight excluding hydrogens is 613 g/mol. The molecule has 0 spiro atoms. The SMILES string of the molecule is CC1(C)C2=CC3C(=O)C(=CC4=[N+](CCCCCCCCCCCCN2c2ccc5ccccc5c21)c1ccc2ccccc2c1C4(C)C)C3O. The number of ketones is 1. The first-order valence-electron chi connectivity index (χ1n) is 19.3. The van der Waals surface area contributed by atoms with Crippen LogP contribution in [-0.4, -0.2) is 40.4 Å². The van der Waals surface area contributed by atoms with Gasteiger partial charge in [0.1, 0.15) is 6.54 Å². The quantitative estimate of drug-likeness (QED) is 0.190. The molecule has 2 unspecified atom stereocenters. The molecule has 2 atom stereocenters. The third kappa shape index (κ3) is 5.37. The number of anilines is 1. The number of benzene rings is 4. The molecule has 4 aromatic carbocycles. The molecule has 4 heteroatoms. The Kier molecular flexibility index (Phi) is 8.58. The van der Waals surface area contributed by atoms with Gasteiger partial charge >= 0.3 is 0 Å². The summed E-state index contributed by atoms with van der Waals surface area (Å²) in [7, 11) is 0. The predicted molar refractivity (Wildman–Crippen MR) is 208 cm³/mol. The molecule has 0 aromatic heterocycles. The molecule has 2 bridgehead atoms. The summed E-state index contributed by atoms with van der Waals surface area (Å²) in [4.78, 5) is 16.7. The minimum atomic E-state index is -0.826. The zero-order valence-corrected chi connectivity index (χ0v) is 30.5. The molecule has 1 N–H and O–H groups in total. The van der Waals surface area contributed by atoms with Crippen molar-refractivity contribution in [2.24, 2.45) is 5.92 Å². The van der Waals surface area contributed by atoms with Crippen LogP contribution in [0, 0.1) is 5.92 Å². The highest BCUT2D eigenvalue weighted by Crippen LogP contribution is 2.52. The first-order valence-corrected chi connectivity index (χ1v) is 19.3. The molecule has 50 heavy (non-hydrogen) atoms. The number of aliphatic hydroxyl groups excluding tert-OH is 1. The average molecular weight is 666 g/mol. The highest BCUT2D eigenvalue weighted by atomic mass is 16.3. The summed E-state index contributed by atoms with van der Waals surface area (Å²) in [6.07, 6.45) is 15.8. The van der Waals surface area contributed by atoms with E-state index in [1.54, 1.807) is 0 Å². The van der Waals surface area contributed by atoms with Gasteiger partial charge in [0.15, 0.2) is 11.5 Å². The van der Waals surface area contributed by atoms with Crippen molar-refractivity contribution in [3.8, 4) is 0 Å². The van der Waals surface area contributed by atoms with E-state index in [-0.39, 0.29) is 16.6 Å². The summed E-state index contributed by atoms with van der Waals surface area (Å²) in [6, 6.07) is 26.4. The van der Waals surface area contributed by atoms with Crippen molar-refractivity contribution >= 4 is 44.4 Å². The average Bonchev–Trinajstić information content (AvgIpc) is 3.47. The fourth-order valence-electron chi connectivity index (χ4n) is 9.69. The summed E-state index contributed by atoms with van der Waals surface area (Å²) >= 11 is 0. The van der Waals surface area contributed by atoms with E-state index in [4.69, 9.17) is 0 Å². The van der Waals surface area contributed by atoms with Crippen molar-refractivity contribution in [1.82, 2.24) is 0 Å². The topological polar surface area (TPSA) is 43.5 Å². The second-order valence-electron chi connectivity index (χ2n) is 16.3. The van der Waals surface area contributed by atoms with Gasteiger partial charge in [0, 0.05) is 53.0 Å². The van der Waals surface area contributed by atoms with E-state index in [1.165, 1.54) is 95.4 Å². The first-order chi connectivity index (χ1) is 24.2. The van der Waals surface area contributed by atoms with Crippen molar-refractivity contribution in [3.63, 3.8) is 0 Å². The Morgan fingerprint density at radius 3 is 1.92 bits per heavy atom. The van der Waals surface area contributed by atoms with Crippen molar-refractivity contribution in [1.29, 1.82) is 0 Å². The fraction of sp³-hybridized carbons (Fsp3) is 0.435. The van der Waals surface area contributed by atoms with E-state index in [0.717, 1.165) is 37.3 Å². The van der Waals surface area contributed by atoms with E-state index >= 15 is 0 Å². The highest BCUT2D eigenvalue weighted by Gasteiger charge is 2.51. The maximum absolute atomic E-state index is 14.2. The molecule has 4 nitrogen and oxygen atoms in total. The predicted octanol–water partition coefficient (Wildman–Crippen LogP) is 10.5. The molecule has 0 amide bonds. The lowest BCUT2D eigenvalue weighted by molar-refractivity contribution is -0.438. The number of carbonyl (C=O) groups excluding carboxylic acids is 1. The monoisotopic (exact) mass is 665 g/mol. The van der Waals surface area contributed by atoms with E-state index in [0.29, 0.717) is 5.57 Å². The summed E-state index contributed by atoms with van der Waals surface area (Å²) in [5, 5.41) is 16.9. The standard InChI is InChI=1S/C46H53N2O2/c1-45(2)39-29-35-43(49)36(44(35)50)30-40-46(3,4)42-34-22-16-14-20-32(34)24-26-38(42)48(40)28-18-12-10-8-6-5-7-9-11-17-27-47(39)37-25-23-31-19-13-15-21-33(31)41(37)45/h13-16,19-26,29-30,35,43,49H,5-12,17-18,27-28H2,1-4H3/q+1. The van der Waals surface area contributed by atoms with E-state index in [1.807, 2.05) is 0 Å². The third-order valence-corrected chi connectivity index (χ3v) is 12.4. The second-order valence-corrected chi connectivity index (χ2v) is 16.3. The van der Waals surface area contributed by atoms with Crippen LogP contribution in [-0.2, 0) is 15.6 Å². The first kappa shape index (κ1) is 33.1. The van der Waals surface area contributed by atoms with Crippen molar-refractivity contribution < 1.29 is 14.5 Å². The van der Waals surface area contributed by atoms with Crippen LogP contribution in [0.15, 0.2) is 96.2 Å². The molecule has 0 radical (unpaired) electrons. The zero-order chi connectivity index (χ0) is 34.6. The smallest absolute Gasteiger partial charge is 0.210 e. The second kappa shape index (κ2) is 12.9. The molecule has 1 fully saturated rings. The largest absolute Gasteiger partial charge is 0.387 e. The molecule has 0 saturated heterocycles. The van der Waals surface area contributed by atoms with Gasteiger partial charge in [0.2, 0.25) is 5.69 Å². The maximum Gasteiger partial charge on any atom is 0.210 e. The van der Waals surface area contributed by atoms with Crippen LogP contribution in [0.4, 0.5) is 11.4 Å². The van der Waals surface area contributed by atoms with Gasteiger partial charge in [-0.2, -0.15) is 4.58 Å². The fourth-order valence-corrected chi connectivity index (χ4v) is 9.69. The number of hydrogen-bond donors (Lipinski definition) is 1. The Bertz CT molecular complexity index is 2080. The van der Waals surface area contributed by atoms with Gasteiger partial charge in [-0.25, -0.2) is 0 Å². The summed E-state index contributed by atoms with van der Waals surface area (Å²) < 4.78 is 2.46. The van der Waals surface area contributed by atoms with Crippen LogP contribution in [0.3, 0.4) is 0 Å². The Hall–Kier alpha value is -4.02. The van der Waals surface area contributed by atoms with Crippen LogP contribution < -0.4 is 4.90 Å². The van der Waals surface area contributed by atoms with Gasteiger partial charge in [-0.15, -0.1) is 0 Å². The number of allylic oxidation sites excluding steroid dienone is 2. The Labute approximate surface area is 298 Å². The van der Waals surface area contributed by atoms with Crippen LogP contribution in [0.25, 0.3) is 21.5 Å². The van der Waals surface area contributed by atoms with E-state index in [2.05, 4.69) is 122 Å². The molecular formula is C46H53N2O2+. The normalized spacial score (nSPS) is 24.0. The van der Waals surface area contributed by atoms with Crippen LogP contribution in [0.2, 0.25) is 0 Å². The minimum absolute atomic E-state index is 0.0523. The van der Waals surface area contributed by atoms with Crippen LogP contribution in [0.1, 0.15) is 103 Å². The Morgan fingerprint density at radius 2 is 1.26 bits per heavy atom.